The van der Waals surface area contributed by atoms with Gasteiger partial charge in [0.05, 0.1) is 7.11 Å². The quantitative estimate of drug-likeness (QED) is 0.818. The van der Waals surface area contributed by atoms with Gasteiger partial charge < -0.3 is 4.74 Å². The Morgan fingerprint density at radius 2 is 1.79 bits per heavy atom. The molecule has 2 rings (SSSR count). The lowest BCUT2D eigenvalue weighted by atomic mass is 10.00. The average Bonchev–Trinajstić information content (AvgIpc) is 2.41. The number of rotatable bonds is 3. The molecular weight excluding hydrogens is 241 g/mol. The number of halogens is 1. The summed E-state index contributed by atoms with van der Waals surface area (Å²) in [5, 5.41) is 0. The Labute approximate surface area is 113 Å². The van der Waals surface area contributed by atoms with E-state index in [1.807, 2.05) is 45.0 Å². The number of methoxy groups -OCH3 is 1. The van der Waals surface area contributed by atoms with E-state index in [9.17, 15) is 4.39 Å². The second-order valence-corrected chi connectivity index (χ2v) is 4.88. The molecule has 1 aromatic carbocycles. The van der Waals surface area contributed by atoms with Crippen molar-refractivity contribution in [2.75, 3.05) is 7.11 Å². The molecule has 0 N–H and O–H groups in total. The number of ether oxygens (including phenoxy) is 1. The van der Waals surface area contributed by atoms with Gasteiger partial charge in [-0.25, -0.2) is 9.37 Å². The summed E-state index contributed by atoms with van der Waals surface area (Å²) < 4.78 is 19.3. The van der Waals surface area contributed by atoms with Crippen molar-refractivity contribution < 1.29 is 9.13 Å². The van der Waals surface area contributed by atoms with Crippen molar-refractivity contribution in [3.63, 3.8) is 0 Å². The van der Waals surface area contributed by atoms with E-state index in [-0.39, 0.29) is 11.7 Å². The fourth-order valence-corrected chi connectivity index (χ4v) is 2.13. The van der Waals surface area contributed by atoms with Gasteiger partial charge in [0.15, 0.2) is 0 Å². The highest BCUT2D eigenvalue weighted by molar-refractivity contribution is 5.61. The second-order valence-electron chi connectivity index (χ2n) is 4.88. The van der Waals surface area contributed by atoms with Crippen LogP contribution in [0.3, 0.4) is 0 Å². The molecule has 2 aromatic rings. The van der Waals surface area contributed by atoms with Gasteiger partial charge in [0.2, 0.25) is 0 Å². The molecule has 1 aromatic heterocycles. The summed E-state index contributed by atoms with van der Waals surface area (Å²) >= 11 is 0. The van der Waals surface area contributed by atoms with Crippen LogP contribution < -0.4 is 4.74 Å². The smallest absolute Gasteiger partial charge is 0.149 e. The monoisotopic (exact) mass is 259 g/mol. The highest BCUT2D eigenvalue weighted by Gasteiger charge is 2.13. The molecule has 0 fully saturated rings. The number of hydrogen-bond donors (Lipinski definition) is 0. The third kappa shape index (κ3) is 2.75. The second kappa shape index (κ2) is 5.39. The van der Waals surface area contributed by atoms with Gasteiger partial charge in [-0.2, -0.15) is 0 Å². The molecule has 0 aliphatic rings. The van der Waals surface area contributed by atoms with E-state index < -0.39 is 0 Å². The van der Waals surface area contributed by atoms with Gasteiger partial charge in [-0.3, -0.25) is 0 Å². The molecule has 0 bridgehead atoms. The standard InChI is InChI=1S/C16H18FNO/c1-10(2)14-9-15(17)16(18-11(14)3)12-5-7-13(19-4)8-6-12/h5-10H,1-4H3. The van der Waals surface area contributed by atoms with Crippen LogP contribution in [0.4, 0.5) is 4.39 Å². The van der Waals surface area contributed by atoms with E-state index in [1.165, 1.54) is 0 Å². The third-order valence-electron chi connectivity index (χ3n) is 3.19. The summed E-state index contributed by atoms with van der Waals surface area (Å²) in [5.74, 6) is 0.742. The Hall–Kier alpha value is -1.90. The Morgan fingerprint density at radius 1 is 1.16 bits per heavy atom. The predicted octanol–water partition coefficient (Wildman–Crippen LogP) is 4.33. The molecule has 0 aliphatic heterocycles. The van der Waals surface area contributed by atoms with Gasteiger partial charge >= 0.3 is 0 Å². The van der Waals surface area contributed by atoms with Crippen LogP contribution in [0, 0.1) is 12.7 Å². The van der Waals surface area contributed by atoms with Gasteiger partial charge in [0, 0.05) is 11.3 Å². The zero-order valence-corrected chi connectivity index (χ0v) is 11.7. The highest BCUT2D eigenvalue weighted by atomic mass is 19.1. The molecule has 0 unspecified atom stereocenters. The Kier molecular flexibility index (Phi) is 3.84. The van der Waals surface area contributed by atoms with E-state index in [0.29, 0.717) is 5.69 Å². The van der Waals surface area contributed by atoms with Gasteiger partial charge in [-0.05, 0) is 48.7 Å². The normalized spacial score (nSPS) is 10.8. The Bertz CT molecular complexity index is 576. The molecule has 19 heavy (non-hydrogen) atoms. The van der Waals surface area contributed by atoms with Gasteiger partial charge in [-0.1, -0.05) is 13.8 Å². The summed E-state index contributed by atoms with van der Waals surface area (Å²) in [7, 11) is 1.61. The van der Waals surface area contributed by atoms with Crippen molar-refractivity contribution >= 4 is 0 Å². The first-order valence-corrected chi connectivity index (χ1v) is 6.34. The van der Waals surface area contributed by atoms with E-state index in [2.05, 4.69) is 4.98 Å². The maximum absolute atomic E-state index is 14.2. The van der Waals surface area contributed by atoms with Crippen LogP contribution in [0.25, 0.3) is 11.3 Å². The third-order valence-corrected chi connectivity index (χ3v) is 3.19. The summed E-state index contributed by atoms with van der Waals surface area (Å²) in [6.45, 7) is 5.99. The zero-order chi connectivity index (χ0) is 14.0. The molecular formula is C16H18FNO. The topological polar surface area (TPSA) is 22.1 Å². The van der Waals surface area contributed by atoms with Gasteiger partial charge in [0.1, 0.15) is 17.3 Å². The van der Waals surface area contributed by atoms with Crippen molar-refractivity contribution in [2.24, 2.45) is 0 Å². The molecule has 0 spiro atoms. The number of benzene rings is 1. The summed E-state index contributed by atoms with van der Waals surface area (Å²) in [6, 6.07) is 8.84. The first kappa shape index (κ1) is 13.5. The van der Waals surface area contributed by atoms with Crippen LogP contribution in [-0.2, 0) is 0 Å². The summed E-state index contributed by atoms with van der Waals surface area (Å²) in [6.07, 6.45) is 0. The average molecular weight is 259 g/mol. The number of aryl methyl sites for hydroxylation is 1. The van der Waals surface area contributed by atoms with Crippen LogP contribution in [0.15, 0.2) is 30.3 Å². The summed E-state index contributed by atoms with van der Waals surface area (Å²) in [4.78, 5) is 4.40. The Balaban J connectivity index is 2.47. The minimum Gasteiger partial charge on any atom is -0.497 e. The largest absolute Gasteiger partial charge is 0.497 e. The van der Waals surface area contributed by atoms with Crippen LogP contribution in [0.1, 0.15) is 31.0 Å². The van der Waals surface area contributed by atoms with Crippen molar-refractivity contribution in [2.45, 2.75) is 26.7 Å². The van der Waals surface area contributed by atoms with Crippen LogP contribution >= 0.6 is 0 Å². The number of hydrogen-bond acceptors (Lipinski definition) is 2. The first-order valence-electron chi connectivity index (χ1n) is 6.34. The molecule has 1 heterocycles. The predicted molar refractivity (Wildman–Crippen MR) is 75.0 cm³/mol. The number of pyridine rings is 1. The van der Waals surface area contributed by atoms with Crippen LogP contribution in [0.5, 0.6) is 5.75 Å². The highest BCUT2D eigenvalue weighted by Crippen LogP contribution is 2.27. The lowest BCUT2D eigenvalue weighted by Crippen LogP contribution is -2.00. The Morgan fingerprint density at radius 3 is 2.32 bits per heavy atom. The first-order chi connectivity index (χ1) is 9.02. The summed E-state index contributed by atoms with van der Waals surface area (Å²) in [5.41, 5.74) is 2.98. The maximum atomic E-state index is 14.2. The molecule has 0 aliphatic carbocycles. The minimum absolute atomic E-state index is 0.270. The fraction of sp³-hybridized carbons (Fsp3) is 0.312. The zero-order valence-electron chi connectivity index (χ0n) is 11.7. The van der Waals surface area contributed by atoms with Gasteiger partial charge in [0.25, 0.3) is 0 Å². The van der Waals surface area contributed by atoms with Crippen molar-refractivity contribution in [3.8, 4) is 17.0 Å². The molecule has 0 amide bonds. The van der Waals surface area contributed by atoms with E-state index in [4.69, 9.17) is 4.74 Å². The molecule has 0 saturated heterocycles. The van der Waals surface area contributed by atoms with E-state index >= 15 is 0 Å². The molecule has 0 saturated carbocycles. The molecule has 2 nitrogen and oxygen atoms in total. The van der Waals surface area contributed by atoms with Crippen molar-refractivity contribution in [3.05, 3.63) is 47.4 Å². The van der Waals surface area contributed by atoms with Crippen molar-refractivity contribution in [1.82, 2.24) is 4.98 Å². The van der Waals surface area contributed by atoms with Crippen molar-refractivity contribution in [1.29, 1.82) is 0 Å². The number of nitrogens with zero attached hydrogens (tertiary/aromatic N) is 1. The maximum Gasteiger partial charge on any atom is 0.149 e. The lowest BCUT2D eigenvalue weighted by molar-refractivity contribution is 0.415. The molecule has 3 heteroatoms. The minimum atomic E-state index is -0.278. The SMILES string of the molecule is COc1ccc(-c2nc(C)c(C(C)C)cc2F)cc1. The molecule has 0 radical (unpaired) electrons. The van der Waals surface area contributed by atoms with E-state index in [1.54, 1.807) is 13.2 Å². The fourth-order valence-electron chi connectivity index (χ4n) is 2.13. The lowest BCUT2D eigenvalue weighted by Gasteiger charge is -2.12. The van der Waals surface area contributed by atoms with Gasteiger partial charge in [-0.15, -0.1) is 0 Å². The molecule has 0 atom stereocenters. The van der Waals surface area contributed by atoms with Crippen LogP contribution in [-0.4, -0.2) is 12.1 Å². The molecule has 100 valence electrons. The number of aromatic nitrogens is 1. The van der Waals surface area contributed by atoms with E-state index in [0.717, 1.165) is 22.6 Å². The van der Waals surface area contributed by atoms with Crippen LogP contribution in [0.2, 0.25) is 0 Å².